The van der Waals surface area contributed by atoms with Gasteiger partial charge in [-0.25, -0.2) is 0 Å². The number of hydrogen-bond acceptors (Lipinski definition) is 3. The molecule has 0 radical (unpaired) electrons. The number of rotatable bonds is 12. The predicted molar refractivity (Wildman–Crippen MR) is 130 cm³/mol. The number of para-hydroxylation sites is 3. The van der Waals surface area contributed by atoms with Crippen molar-refractivity contribution in [2.24, 2.45) is 0 Å². The summed E-state index contributed by atoms with van der Waals surface area (Å²) in [4.78, 5) is 0. The van der Waals surface area contributed by atoms with Gasteiger partial charge in [0, 0.05) is 0 Å². The molecular formula is C27H33O3P. The van der Waals surface area contributed by atoms with Crippen LogP contribution in [0.3, 0.4) is 0 Å². The summed E-state index contributed by atoms with van der Waals surface area (Å²) in [7, 11) is -1.67. The zero-order chi connectivity index (χ0) is 21.9. The van der Waals surface area contributed by atoms with Gasteiger partial charge in [-0.3, -0.25) is 0 Å². The molecule has 0 aromatic heterocycles. The average molecular weight is 437 g/mol. The highest BCUT2D eigenvalue weighted by Gasteiger charge is 2.23. The molecule has 0 atom stereocenters. The van der Waals surface area contributed by atoms with Gasteiger partial charge in [-0.15, -0.1) is 0 Å². The van der Waals surface area contributed by atoms with Crippen LogP contribution in [0.5, 0.6) is 17.2 Å². The standard InChI is InChI=1S/C27H33O3P/c1-4-13-22-16-7-10-19-25(22)28-31(29-26-20-11-8-17-23(26)14-5-2)30-27-21-12-9-18-24(27)15-6-3/h7-12,16-21H,4-6,13-15H2,1-3H3. The van der Waals surface area contributed by atoms with Crippen molar-refractivity contribution in [3.05, 3.63) is 89.5 Å². The van der Waals surface area contributed by atoms with E-state index >= 15 is 0 Å². The highest BCUT2D eigenvalue weighted by molar-refractivity contribution is 7.43. The Morgan fingerprint density at radius 1 is 0.484 bits per heavy atom. The molecule has 3 nitrogen and oxygen atoms in total. The van der Waals surface area contributed by atoms with Gasteiger partial charge in [0.2, 0.25) is 0 Å². The zero-order valence-electron chi connectivity index (χ0n) is 18.8. The summed E-state index contributed by atoms with van der Waals surface area (Å²) in [5.74, 6) is 2.49. The van der Waals surface area contributed by atoms with E-state index in [0.29, 0.717) is 0 Å². The van der Waals surface area contributed by atoms with Crippen LogP contribution in [-0.2, 0) is 19.3 Å². The average Bonchev–Trinajstić information content (AvgIpc) is 2.78. The van der Waals surface area contributed by atoms with Crippen LogP contribution in [-0.4, -0.2) is 0 Å². The maximum atomic E-state index is 6.39. The minimum absolute atomic E-state index is 0.830. The molecule has 164 valence electrons. The molecule has 0 saturated heterocycles. The van der Waals surface area contributed by atoms with E-state index in [-0.39, 0.29) is 0 Å². The number of aryl methyl sites for hydroxylation is 3. The lowest BCUT2D eigenvalue weighted by atomic mass is 10.1. The van der Waals surface area contributed by atoms with E-state index in [1.807, 2.05) is 36.4 Å². The molecular weight excluding hydrogens is 403 g/mol. The van der Waals surface area contributed by atoms with Gasteiger partial charge in [0.05, 0.1) is 0 Å². The molecule has 4 heteroatoms. The molecule has 3 aromatic rings. The van der Waals surface area contributed by atoms with E-state index < -0.39 is 8.60 Å². The second-order valence-corrected chi connectivity index (χ2v) is 8.57. The van der Waals surface area contributed by atoms with Crippen molar-refractivity contribution in [1.82, 2.24) is 0 Å². The minimum atomic E-state index is -1.67. The van der Waals surface area contributed by atoms with Crippen LogP contribution in [0.4, 0.5) is 0 Å². The fourth-order valence-electron chi connectivity index (χ4n) is 3.50. The van der Waals surface area contributed by atoms with E-state index in [2.05, 4.69) is 57.2 Å². The summed E-state index contributed by atoms with van der Waals surface area (Å²) in [6.45, 7) is 6.53. The third-order valence-electron chi connectivity index (χ3n) is 4.99. The molecule has 31 heavy (non-hydrogen) atoms. The van der Waals surface area contributed by atoms with Gasteiger partial charge in [0.1, 0.15) is 17.2 Å². The zero-order valence-corrected chi connectivity index (χ0v) is 19.7. The lowest BCUT2D eigenvalue weighted by Gasteiger charge is -2.21. The van der Waals surface area contributed by atoms with Gasteiger partial charge in [-0.05, 0) is 54.2 Å². The maximum Gasteiger partial charge on any atom is 0.530 e. The Kier molecular flexibility index (Phi) is 9.24. The maximum absolute atomic E-state index is 6.39. The molecule has 0 bridgehead atoms. The van der Waals surface area contributed by atoms with Crippen molar-refractivity contribution in [1.29, 1.82) is 0 Å². The summed E-state index contributed by atoms with van der Waals surface area (Å²) in [5.41, 5.74) is 3.52. The Morgan fingerprint density at radius 2 is 0.774 bits per heavy atom. The van der Waals surface area contributed by atoms with Gasteiger partial charge in [-0.1, -0.05) is 94.6 Å². The van der Waals surface area contributed by atoms with Crippen molar-refractivity contribution in [3.63, 3.8) is 0 Å². The fraction of sp³-hybridized carbons (Fsp3) is 0.333. The van der Waals surface area contributed by atoms with Gasteiger partial charge in [0.25, 0.3) is 0 Å². The normalized spacial score (nSPS) is 10.8. The van der Waals surface area contributed by atoms with E-state index in [4.69, 9.17) is 13.6 Å². The summed E-state index contributed by atoms with van der Waals surface area (Å²) < 4.78 is 19.2. The topological polar surface area (TPSA) is 27.7 Å². The first-order valence-corrected chi connectivity index (χ1v) is 12.4. The summed E-state index contributed by atoms with van der Waals surface area (Å²) in [5, 5.41) is 0. The van der Waals surface area contributed by atoms with Crippen LogP contribution in [0, 0.1) is 0 Å². The highest BCUT2D eigenvalue weighted by Crippen LogP contribution is 2.45. The minimum Gasteiger partial charge on any atom is -0.408 e. The van der Waals surface area contributed by atoms with E-state index in [0.717, 1.165) is 55.8 Å². The van der Waals surface area contributed by atoms with E-state index in [1.54, 1.807) is 0 Å². The molecule has 3 aromatic carbocycles. The van der Waals surface area contributed by atoms with Crippen LogP contribution >= 0.6 is 8.60 Å². The first-order chi connectivity index (χ1) is 15.2. The molecule has 0 amide bonds. The van der Waals surface area contributed by atoms with Gasteiger partial charge in [-0.2, -0.15) is 0 Å². The molecule has 0 aliphatic rings. The van der Waals surface area contributed by atoms with E-state index in [9.17, 15) is 0 Å². The fourth-order valence-corrected chi connectivity index (χ4v) is 4.63. The van der Waals surface area contributed by atoms with Crippen LogP contribution < -0.4 is 13.6 Å². The Hall–Kier alpha value is -2.51. The van der Waals surface area contributed by atoms with Gasteiger partial charge in [0.15, 0.2) is 0 Å². The van der Waals surface area contributed by atoms with Crippen LogP contribution in [0.15, 0.2) is 72.8 Å². The Balaban J connectivity index is 1.91. The molecule has 0 aliphatic carbocycles. The number of hydrogen-bond donors (Lipinski definition) is 0. The molecule has 0 heterocycles. The molecule has 0 fully saturated rings. The summed E-state index contributed by atoms with van der Waals surface area (Å²) in [6, 6.07) is 24.5. The molecule has 0 N–H and O–H groups in total. The van der Waals surface area contributed by atoms with Crippen molar-refractivity contribution >= 4 is 8.60 Å². The predicted octanol–water partition coefficient (Wildman–Crippen LogP) is 8.31. The van der Waals surface area contributed by atoms with Crippen LogP contribution in [0.25, 0.3) is 0 Å². The molecule has 0 unspecified atom stereocenters. The van der Waals surface area contributed by atoms with Crippen molar-refractivity contribution in [2.45, 2.75) is 59.3 Å². The van der Waals surface area contributed by atoms with Crippen molar-refractivity contribution in [2.75, 3.05) is 0 Å². The monoisotopic (exact) mass is 436 g/mol. The molecule has 3 rings (SSSR count). The van der Waals surface area contributed by atoms with Gasteiger partial charge < -0.3 is 13.6 Å². The Morgan fingerprint density at radius 3 is 1.06 bits per heavy atom. The largest absolute Gasteiger partial charge is 0.530 e. The third-order valence-corrected chi connectivity index (χ3v) is 6.03. The van der Waals surface area contributed by atoms with Crippen LogP contribution in [0.2, 0.25) is 0 Å². The number of benzene rings is 3. The lowest BCUT2D eigenvalue weighted by Crippen LogP contribution is -2.06. The van der Waals surface area contributed by atoms with E-state index in [1.165, 1.54) is 16.7 Å². The first-order valence-electron chi connectivity index (χ1n) is 11.3. The SMILES string of the molecule is CCCc1ccccc1OP(Oc1ccccc1CCC)Oc1ccccc1CCC. The quantitative estimate of drug-likeness (QED) is 0.267. The second-order valence-electron chi connectivity index (χ2n) is 7.57. The lowest BCUT2D eigenvalue weighted by molar-refractivity contribution is 0.382. The van der Waals surface area contributed by atoms with Crippen molar-refractivity contribution < 1.29 is 13.6 Å². The Labute approximate surface area is 188 Å². The van der Waals surface area contributed by atoms with Crippen LogP contribution in [0.1, 0.15) is 56.7 Å². The second kappa shape index (κ2) is 12.4. The smallest absolute Gasteiger partial charge is 0.408 e. The van der Waals surface area contributed by atoms with Gasteiger partial charge >= 0.3 is 8.60 Å². The third kappa shape index (κ3) is 6.74. The van der Waals surface area contributed by atoms with Crippen molar-refractivity contribution in [3.8, 4) is 17.2 Å². The molecule has 0 aliphatic heterocycles. The Bertz CT molecular complexity index is 819. The summed E-state index contributed by atoms with van der Waals surface area (Å²) in [6.07, 6.45) is 6.03. The highest BCUT2D eigenvalue weighted by atomic mass is 31.2. The first kappa shape index (κ1) is 23.2. The summed E-state index contributed by atoms with van der Waals surface area (Å²) >= 11 is 0. The molecule has 0 spiro atoms. The molecule has 0 saturated carbocycles.